The standard InChI is InChI=1S/C22H27N3O3/c1-27-18-6-8-19(9-7-18)28-20-10-5-17(13-24-20)25-22(26)16-11-14-3-2-4-15(12-16)21(14)23/h5-10,13-16,21H,2-4,11-12,23H2,1H3,(H,25,26). The molecule has 0 spiro atoms. The molecule has 0 aliphatic heterocycles. The lowest BCUT2D eigenvalue weighted by Crippen LogP contribution is -2.48. The Balaban J connectivity index is 1.34. The summed E-state index contributed by atoms with van der Waals surface area (Å²) in [5.74, 6) is 3.02. The van der Waals surface area contributed by atoms with E-state index in [1.807, 2.05) is 30.3 Å². The third-order valence-corrected chi connectivity index (χ3v) is 6.07. The second-order valence-corrected chi connectivity index (χ2v) is 7.85. The maximum Gasteiger partial charge on any atom is 0.227 e. The van der Waals surface area contributed by atoms with Crippen LogP contribution in [-0.4, -0.2) is 24.0 Å². The summed E-state index contributed by atoms with van der Waals surface area (Å²) in [6, 6.07) is 11.1. The van der Waals surface area contributed by atoms with Gasteiger partial charge in [0.15, 0.2) is 0 Å². The molecule has 2 aromatic rings. The topological polar surface area (TPSA) is 86.5 Å². The van der Waals surface area contributed by atoms with Gasteiger partial charge in [0.1, 0.15) is 11.5 Å². The van der Waals surface area contributed by atoms with Gasteiger partial charge >= 0.3 is 0 Å². The normalized spacial score (nSPS) is 26.4. The molecule has 2 bridgehead atoms. The molecule has 1 amide bonds. The maximum atomic E-state index is 12.7. The van der Waals surface area contributed by atoms with Crippen LogP contribution in [0.25, 0.3) is 0 Å². The summed E-state index contributed by atoms with van der Waals surface area (Å²) in [6.45, 7) is 0. The highest BCUT2D eigenvalue weighted by molar-refractivity contribution is 5.92. The Morgan fingerprint density at radius 3 is 2.36 bits per heavy atom. The number of ether oxygens (including phenoxy) is 2. The van der Waals surface area contributed by atoms with Gasteiger partial charge in [0, 0.05) is 18.0 Å². The molecule has 6 heteroatoms. The van der Waals surface area contributed by atoms with Crippen LogP contribution in [0.1, 0.15) is 32.1 Å². The van der Waals surface area contributed by atoms with E-state index in [1.165, 1.54) is 6.42 Å². The van der Waals surface area contributed by atoms with Gasteiger partial charge in [0.05, 0.1) is 19.0 Å². The number of benzene rings is 1. The quantitative estimate of drug-likeness (QED) is 0.818. The maximum absolute atomic E-state index is 12.7. The minimum Gasteiger partial charge on any atom is -0.497 e. The summed E-state index contributed by atoms with van der Waals surface area (Å²) in [7, 11) is 1.62. The van der Waals surface area contributed by atoms with Crippen molar-refractivity contribution in [2.75, 3.05) is 12.4 Å². The lowest BCUT2D eigenvalue weighted by molar-refractivity contribution is -0.122. The molecule has 2 aliphatic rings. The molecule has 1 aromatic carbocycles. The average molecular weight is 381 g/mol. The molecule has 1 heterocycles. The van der Waals surface area contributed by atoms with Gasteiger partial charge in [-0.2, -0.15) is 0 Å². The van der Waals surface area contributed by atoms with E-state index in [-0.39, 0.29) is 17.9 Å². The Labute approximate surface area is 165 Å². The van der Waals surface area contributed by atoms with Crippen LogP contribution in [0.5, 0.6) is 17.4 Å². The van der Waals surface area contributed by atoms with Crippen molar-refractivity contribution in [1.29, 1.82) is 0 Å². The molecular weight excluding hydrogens is 354 g/mol. The van der Waals surface area contributed by atoms with Gasteiger partial charge in [-0.25, -0.2) is 4.98 Å². The van der Waals surface area contributed by atoms with Crippen LogP contribution in [-0.2, 0) is 4.79 Å². The number of nitrogens with zero attached hydrogens (tertiary/aromatic N) is 1. The highest BCUT2D eigenvalue weighted by Gasteiger charge is 2.40. The Bertz CT molecular complexity index is 793. The van der Waals surface area contributed by atoms with Gasteiger partial charge < -0.3 is 20.5 Å². The van der Waals surface area contributed by atoms with Crippen molar-refractivity contribution < 1.29 is 14.3 Å². The van der Waals surface area contributed by atoms with Gasteiger partial charge in [-0.1, -0.05) is 6.42 Å². The van der Waals surface area contributed by atoms with Crippen LogP contribution >= 0.6 is 0 Å². The molecule has 0 radical (unpaired) electrons. The monoisotopic (exact) mass is 381 g/mol. The molecule has 2 saturated carbocycles. The van der Waals surface area contributed by atoms with E-state index in [0.29, 0.717) is 29.2 Å². The Morgan fingerprint density at radius 1 is 1.07 bits per heavy atom. The van der Waals surface area contributed by atoms with E-state index in [1.54, 1.807) is 19.4 Å². The van der Waals surface area contributed by atoms with Crippen molar-refractivity contribution in [3.05, 3.63) is 42.6 Å². The number of anilines is 1. The number of nitrogens with two attached hydrogens (primary N) is 1. The highest BCUT2D eigenvalue weighted by Crippen LogP contribution is 2.42. The SMILES string of the molecule is COc1ccc(Oc2ccc(NC(=O)C3CC4CCCC(C3)C4N)cn2)cc1. The summed E-state index contributed by atoms with van der Waals surface area (Å²) in [6.07, 6.45) is 6.98. The van der Waals surface area contributed by atoms with Crippen molar-refractivity contribution in [3.63, 3.8) is 0 Å². The number of pyridine rings is 1. The fourth-order valence-electron chi connectivity index (χ4n) is 4.53. The zero-order valence-corrected chi connectivity index (χ0v) is 16.1. The average Bonchev–Trinajstić information content (AvgIpc) is 2.70. The molecule has 28 heavy (non-hydrogen) atoms. The molecule has 2 aliphatic carbocycles. The van der Waals surface area contributed by atoms with E-state index >= 15 is 0 Å². The molecule has 2 atom stereocenters. The van der Waals surface area contributed by atoms with E-state index < -0.39 is 0 Å². The van der Waals surface area contributed by atoms with Crippen LogP contribution in [0.4, 0.5) is 5.69 Å². The van der Waals surface area contributed by atoms with E-state index in [9.17, 15) is 4.79 Å². The van der Waals surface area contributed by atoms with Crippen molar-refractivity contribution in [1.82, 2.24) is 4.98 Å². The predicted molar refractivity (Wildman–Crippen MR) is 107 cm³/mol. The lowest BCUT2D eigenvalue weighted by Gasteiger charge is -2.43. The molecule has 2 fully saturated rings. The number of carbonyl (C=O) groups excluding carboxylic acids is 1. The number of rotatable bonds is 5. The van der Waals surface area contributed by atoms with Crippen molar-refractivity contribution in [2.24, 2.45) is 23.5 Å². The zero-order chi connectivity index (χ0) is 19.5. The van der Waals surface area contributed by atoms with Crippen LogP contribution in [0.2, 0.25) is 0 Å². The van der Waals surface area contributed by atoms with E-state index in [4.69, 9.17) is 15.2 Å². The molecule has 2 unspecified atom stereocenters. The Kier molecular flexibility index (Phi) is 5.48. The first kappa shape index (κ1) is 18.7. The van der Waals surface area contributed by atoms with Crippen LogP contribution in [0, 0.1) is 17.8 Å². The van der Waals surface area contributed by atoms with Gasteiger partial charge in [0.2, 0.25) is 11.8 Å². The molecule has 4 rings (SSSR count). The minimum atomic E-state index is 0.0466. The fraction of sp³-hybridized carbons (Fsp3) is 0.455. The summed E-state index contributed by atoms with van der Waals surface area (Å²) in [5, 5.41) is 3.01. The zero-order valence-electron chi connectivity index (χ0n) is 16.1. The predicted octanol–water partition coefficient (Wildman–Crippen LogP) is 3.97. The minimum absolute atomic E-state index is 0.0466. The summed E-state index contributed by atoms with van der Waals surface area (Å²) in [4.78, 5) is 17.0. The van der Waals surface area contributed by atoms with Crippen molar-refractivity contribution >= 4 is 11.6 Å². The Morgan fingerprint density at radius 2 is 1.75 bits per heavy atom. The van der Waals surface area contributed by atoms with Crippen LogP contribution < -0.4 is 20.5 Å². The largest absolute Gasteiger partial charge is 0.497 e. The third kappa shape index (κ3) is 4.12. The first-order valence-electron chi connectivity index (χ1n) is 9.97. The second-order valence-electron chi connectivity index (χ2n) is 7.85. The van der Waals surface area contributed by atoms with Crippen molar-refractivity contribution in [3.8, 4) is 17.4 Å². The van der Waals surface area contributed by atoms with Gasteiger partial charge in [-0.3, -0.25) is 4.79 Å². The number of amides is 1. The fourth-order valence-corrected chi connectivity index (χ4v) is 4.53. The molecular formula is C22H27N3O3. The Hall–Kier alpha value is -2.60. The molecule has 6 nitrogen and oxygen atoms in total. The third-order valence-electron chi connectivity index (χ3n) is 6.07. The van der Waals surface area contributed by atoms with Gasteiger partial charge in [0.25, 0.3) is 0 Å². The number of fused-ring (bicyclic) bond motifs is 2. The van der Waals surface area contributed by atoms with Crippen LogP contribution in [0.15, 0.2) is 42.6 Å². The number of hydrogen-bond donors (Lipinski definition) is 2. The number of carbonyl (C=O) groups is 1. The molecule has 1 aromatic heterocycles. The first-order chi connectivity index (χ1) is 13.6. The number of aromatic nitrogens is 1. The number of methoxy groups -OCH3 is 1. The van der Waals surface area contributed by atoms with E-state index in [2.05, 4.69) is 10.3 Å². The van der Waals surface area contributed by atoms with Gasteiger partial charge in [-0.15, -0.1) is 0 Å². The van der Waals surface area contributed by atoms with Crippen LogP contribution in [0.3, 0.4) is 0 Å². The van der Waals surface area contributed by atoms with Crippen molar-refractivity contribution in [2.45, 2.75) is 38.1 Å². The first-order valence-corrected chi connectivity index (χ1v) is 9.97. The number of hydrogen-bond acceptors (Lipinski definition) is 5. The summed E-state index contributed by atoms with van der Waals surface area (Å²) in [5.41, 5.74) is 7.02. The highest BCUT2D eigenvalue weighted by atomic mass is 16.5. The van der Waals surface area contributed by atoms with E-state index in [0.717, 1.165) is 31.4 Å². The molecule has 3 N–H and O–H groups in total. The lowest BCUT2D eigenvalue weighted by atomic mass is 9.65. The number of nitrogens with one attached hydrogen (secondary N) is 1. The smallest absolute Gasteiger partial charge is 0.227 e. The molecule has 148 valence electrons. The van der Waals surface area contributed by atoms with Gasteiger partial charge in [-0.05, 0) is 67.9 Å². The second kappa shape index (κ2) is 8.19. The summed E-state index contributed by atoms with van der Waals surface area (Å²) < 4.78 is 10.9. The summed E-state index contributed by atoms with van der Waals surface area (Å²) >= 11 is 0. The molecule has 0 saturated heterocycles.